The Morgan fingerprint density at radius 2 is 1.83 bits per heavy atom. The van der Waals surface area contributed by atoms with Crippen molar-refractivity contribution in [2.75, 3.05) is 13.2 Å². The zero-order chi connectivity index (χ0) is 21.9. The van der Waals surface area contributed by atoms with Crippen LogP contribution >= 0.6 is 0 Å². The molecule has 168 valence electrons. The van der Waals surface area contributed by atoms with E-state index < -0.39 is 0 Å². The Morgan fingerprint density at radius 3 is 2.50 bits per heavy atom. The third-order valence-electron chi connectivity index (χ3n) is 9.16. The van der Waals surface area contributed by atoms with E-state index >= 15 is 0 Å². The number of hydrogen-bond donors (Lipinski definition) is 0. The van der Waals surface area contributed by atoms with Gasteiger partial charge in [-0.3, -0.25) is 14.4 Å². The molecule has 0 radical (unpaired) electrons. The Balaban J connectivity index is 1.84. The Labute approximate surface area is 179 Å². The summed E-state index contributed by atoms with van der Waals surface area (Å²) in [5.74, 6) is -0.400. The molecule has 7 atom stereocenters. The SMILES string of the molecule is CC(=O)OCC12CCCC(C)(C)C1CCC1(C)C3COC(=O)C3CC(OC(C)=O)C12. The van der Waals surface area contributed by atoms with Gasteiger partial charge in [0.2, 0.25) is 0 Å². The lowest BCUT2D eigenvalue weighted by Gasteiger charge is -2.67. The first-order valence-electron chi connectivity index (χ1n) is 11.5. The van der Waals surface area contributed by atoms with Crippen LogP contribution in [0.5, 0.6) is 0 Å². The van der Waals surface area contributed by atoms with Crippen LogP contribution < -0.4 is 0 Å². The fourth-order valence-corrected chi connectivity index (χ4v) is 8.21. The van der Waals surface area contributed by atoms with E-state index in [1.807, 2.05) is 0 Å². The Bertz CT molecular complexity index is 744. The molecule has 4 rings (SSSR count). The molecule has 7 unspecified atom stereocenters. The molecule has 6 nitrogen and oxygen atoms in total. The van der Waals surface area contributed by atoms with Gasteiger partial charge in [0.15, 0.2) is 0 Å². The van der Waals surface area contributed by atoms with Crippen molar-refractivity contribution in [1.82, 2.24) is 0 Å². The lowest BCUT2D eigenvalue weighted by Crippen LogP contribution is -2.66. The Morgan fingerprint density at radius 1 is 1.10 bits per heavy atom. The molecule has 0 spiro atoms. The third kappa shape index (κ3) is 3.16. The van der Waals surface area contributed by atoms with Crippen LogP contribution in [0.4, 0.5) is 0 Å². The van der Waals surface area contributed by atoms with E-state index in [-0.39, 0.29) is 58.0 Å². The first-order chi connectivity index (χ1) is 14.0. The summed E-state index contributed by atoms with van der Waals surface area (Å²) in [6, 6.07) is 0. The number of hydrogen-bond acceptors (Lipinski definition) is 6. The molecule has 1 saturated heterocycles. The quantitative estimate of drug-likeness (QED) is 0.509. The van der Waals surface area contributed by atoms with Crippen molar-refractivity contribution < 1.29 is 28.6 Å². The highest BCUT2D eigenvalue weighted by Crippen LogP contribution is 2.70. The van der Waals surface area contributed by atoms with E-state index in [1.54, 1.807) is 0 Å². The van der Waals surface area contributed by atoms with Crippen molar-refractivity contribution in [1.29, 1.82) is 0 Å². The second-order valence-corrected chi connectivity index (χ2v) is 11.2. The van der Waals surface area contributed by atoms with Gasteiger partial charge in [-0.15, -0.1) is 0 Å². The van der Waals surface area contributed by atoms with Crippen molar-refractivity contribution in [3.8, 4) is 0 Å². The van der Waals surface area contributed by atoms with E-state index in [0.29, 0.717) is 25.6 Å². The van der Waals surface area contributed by atoms with Gasteiger partial charge in [0.05, 0.1) is 19.1 Å². The van der Waals surface area contributed by atoms with Gasteiger partial charge in [0.25, 0.3) is 0 Å². The van der Waals surface area contributed by atoms with Crippen molar-refractivity contribution in [3.05, 3.63) is 0 Å². The Kier molecular flexibility index (Phi) is 5.22. The van der Waals surface area contributed by atoms with Crippen molar-refractivity contribution in [2.24, 2.45) is 39.9 Å². The van der Waals surface area contributed by atoms with Gasteiger partial charge in [-0.25, -0.2) is 0 Å². The van der Waals surface area contributed by atoms with Crippen LogP contribution in [0.25, 0.3) is 0 Å². The largest absolute Gasteiger partial charge is 0.465 e. The number of carbonyl (C=O) groups excluding carboxylic acids is 3. The molecular formula is C24H36O6. The molecule has 0 aromatic carbocycles. The fourth-order valence-electron chi connectivity index (χ4n) is 8.21. The first kappa shape index (κ1) is 21.6. The predicted octanol–water partition coefficient (Wildman–Crippen LogP) is 3.90. The van der Waals surface area contributed by atoms with E-state index in [4.69, 9.17) is 14.2 Å². The molecule has 6 heteroatoms. The third-order valence-corrected chi connectivity index (χ3v) is 9.16. The lowest BCUT2D eigenvalue weighted by molar-refractivity contribution is -0.238. The highest BCUT2D eigenvalue weighted by molar-refractivity contribution is 5.75. The summed E-state index contributed by atoms with van der Waals surface area (Å²) in [5.41, 5.74) is -0.324. The first-order valence-corrected chi connectivity index (χ1v) is 11.5. The second-order valence-electron chi connectivity index (χ2n) is 11.2. The van der Waals surface area contributed by atoms with Crippen molar-refractivity contribution in [3.63, 3.8) is 0 Å². The zero-order valence-electron chi connectivity index (χ0n) is 19.0. The van der Waals surface area contributed by atoms with Crippen molar-refractivity contribution in [2.45, 2.75) is 79.2 Å². The number of carbonyl (C=O) groups is 3. The van der Waals surface area contributed by atoms with Crippen LogP contribution in [0.3, 0.4) is 0 Å². The minimum atomic E-state index is -0.355. The van der Waals surface area contributed by atoms with Crippen LogP contribution in [0.1, 0.15) is 73.1 Å². The van der Waals surface area contributed by atoms with Gasteiger partial charge in [-0.1, -0.05) is 27.2 Å². The standard InChI is InChI=1S/C24H36O6/c1-14(25)29-13-24-9-6-8-22(3,4)19(24)7-10-23(5)17-12-28-21(27)16(17)11-18(20(23)24)30-15(2)26/h16-20H,6-13H2,1-5H3. The summed E-state index contributed by atoms with van der Waals surface area (Å²) in [4.78, 5) is 36.5. The van der Waals surface area contributed by atoms with Gasteiger partial charge in [-0.2, -0.15) is 0 Å². The molecule has 0 amide bonds. The molecule has 1 aliphatic heterocycles. The number of rotatable bonds is 3. The summed E-state index contributed by atoms with van der Waals surface area (Å²) < 4.78 is 17.2. The number of cyclic esters (lactones) is 1. The van der Waals surface area contributed by atoms with Crippen molar-refractivity contribution >= 4 is 17.9 Å². The summed E-state index contributed by atoms with van der Waals surface area (Å²) in [7, 11) is 0. The van der Waals surface area contributed by atoms with Crippen LogP contribution in [-0.2, 0) is 28.6 Å². The minimum Gasteiger partial charge on any atom is -0.465 e. The molecule has 3 aliphatic carbocycles. The summed E-state index contributed by atoms with van der Waals surface area (Å²) in [6.45, 7) is 10.6. The maximum absolute atomic E-state index is 12.5. The average Bonchev–Trinajstić information content (AvgIpc) is 3.00. The molecule has 0 aromatic heterocycles. The van der Waals surface area contributed by atoms with E-state index in [9.17, 15) is 14.4 Å². The van der Waals surface area contributed by atoms with Gasteiger partial charge < -0.3 is 14.2 Å². The smallest absolute Gasteiger partial charge is 0.309 e. The number of fused-ring (bicyclic) bond motifs is 5. The molecule has 4 fully saturated rings. The summed E-state index contributed by atoms with van der Waals surface area (Å²) in [5, 5.41) is 0. The highest BCUT2D eigenvalue weighted by atomic mass is 16.6. The Hall–Kier alpha value is -1.59. The fraction of sp³-hybridized carbons (Fsp3) is 0.875. The van der Waals surface area contributed by atoms with E-state index in [2.05, 4.69) is 20.8 Å². The van der Waals surface area contributed by atoms with Gasteiger partial charge in [-0.05, 0) is 48.9 Å². The topological polar surface area (TPSA) is 78.9 Å². The zero-order valence-corrected chi connectivity index (χ0v) is 19.0. The highest BCUT2D eigenvalue weighted by Gasteiger charge is 2.69. The van der Waals surface area contributed by atoms with Gasteiger partial charge in [0.1, 0.15) is 6.10 Å². The van der Waals surface area contributed by atoms with Gasteiger partial charge in [0, 0.05) is 31.1 Å². The maximum Gasteiger partial charge on any atom is 0.309 e. The molecule has 0 aromatic rings. The monoisotopic (exact) mass is 420 g/mol. The number of esters is 3. The lowest BCUT2D eigenvalue weighted by atomic mass is 9.38. The minimum absolute atomic E-state index is 0.0438. The molecule has 0 N–H and O–H groups in total. The molecule has 4 aliphatic rings. The predicted molar refractivity (Wildman–Crippen MR) is 109 cm³/mol. The second kappa shape index (κ2) is 7.23. The molecular weight excluding hydrogens is 384 g/mol. The van der Waals surface area contributed by atoms with E-state index in [0.717, 1.165) is 32.1 Å². The molecule has 30 heavy (non-hydrogen) atoms. The normalized spacial score (nSPS) is 44.2. The molecule has 0 bridgehead atoms. The average molecular weight is 421 g/mol. The maximum atomic E-state index is 12.5. The van der Waals surface area contributed by atoms with Crippen LogP contribution in [0.15, 0.2) is 0 Å². The number of ether oxygens (including phenoxy) is 3. The van der Waals surface area contributed by atoms with Crippen LogP contribution in [-0.4, -0.2) is 37.2 Å². The summed E-state index contributed by atoms with van der Waals surface area (Å²) >= 11 is 0. The van der Waals surface area contributed by atoms with Crippen LogP contribution in [0, 0.1) is 39.9 Å². The van der Waals surface area contributed by atoms with E-state index in [1.165, 1.54) is 13.8 Å². The van der Waals surface area contributed by atoms with Gasteiger partial charge >= 0.3 is 17.9 Å². The van der Waals surface area contributed by atoms with Crippen LogP contribution in [0.2, 0.25) is 0 Å². The summed E-state index contributed by atoms with van der Waals surface area (Å²) in [6.07, 6.45) is 5.33. The molecule has 3 saturated carbocycles. The molecule has 1 heterocycles.